The number of benzene rings is 1. The molecular formula is C25H36N4O3. The summed E-state index contributed by atoms with van der Waals surface area (Å²) < 4.78 is 7.14. The number of esters is 1. The summed E-state index contributed by atoms with van der Waals surface area (Å²) in [5, 5.41) is 1.27. The van der Waals surface area contributed by atoms with Gasteiger partial charge in [0, 0.05) is 42.6 Å². The Balaban J connectivity index is 1.81. The third kappa shape index (κ3) is 3.98. The highest BCUT2D eigenvalue weighted by Gasteiger charge is 2.38. The maximum absolute atomic E-state index is 13.0. The van der Waals surface area contributed by atoms with Crippen LogP contribution in [0.15, 0.2) is 18.2 Å². The van der Waals surface area contributed by atoms with Crippen molar-refractivity contribution in [3.05, 3.63) is 35.0 Å². The minimum Gasteiger partial charge on any atom is -0.466 e. The van der Waals surface area contributed by atoms with Crippen LogP contribution in [0.5, 0.6) is 0 Å². The van der Waals surface area contributed by atoms with Crippen molar-refractivity contribution in [2.45, 2.75) is 64.8 Å². The number of nitrogens with one attached hydrogen (secondary N) is 1. The van der Waals surface area contributed by atoms with Gasteiger partial charge in [-0.15, -0.1) is 0 Å². The van der Waals surface area contributed by atoms with E-state index >= 15 is 0 Å². The quantitative estimate of drug-likeness (QED) is 0.664. The van der Waals surface area contributed by atoms with Crippen LogP contribution in [0, 0.1) is 0 Å². The zero-order valence-electron chi connectivity index (χ0n) is 19.8. The highest BCUT2D eigenvalue weighted by molar-refractivity contribution is 5.93. The Hall–Kier alpha value is -2.54. The molecule has 7 heteroatoms. The van der Waals surface area contributed by atoms with Crippen LogP contribution in [0.3, 0.4) is 0 Å². The van der Waals surface area contributed by atoms with E-state index in [2.05, 4.69) is 35.6 Å². The molecule has 1 aromatic carbocycles. The predicted molar refractivity (Wildman–Crippen MR) is 127 cm³/mol. The van der Waals surface area contributed by atoms with Crippen LogP contribution in [0.4, 0.5) is 4.79 Å². The molecular weight excluding hydrogens is 404 g/mol. The van der Waals surface area contributed by atoms with Crippen LogP contribution in [-0.4, -0.2) is 65.8 Å². The van der Waals surface area contributed by atoms with Crippen molar-refractivity contribution in [3.8, 4) is 0 Å². The zero-order valence-corrected chi connectivity index (χ0v) is 19.8. The molecule has 2 aliphatic rings. The Morgan fingerprint density at radius 1 is 1.22 bits per heavy atom. The number of carbonyl (C=O) groups excluding carboxylic acids is 2. The maximum atomic E-state index is 13.0. The Bertz CT molecular complexity index is 995. The lowest BCUT2D eigenvalue weighted by atomic mass is 9.74. The minimum absolute atomic E-state index is 0.116. The van der Waals surface area contributed by atoms with Crippen molar-refractivity contribution in [1.29, 1.82) is 0 Å². The smallest absolute Gasteiger partial charge is 0.336 e. The Morgan fingerprint density at radius 2 is 2.00 bits per heavy atom. The third-order valence-electron chi connectivity index (χ3n) is 7.23. The van der Waals surface area contributed by atoms with E-state index in [0.717, 1.165) is 24.2 Å². The predicted octanol–water partition coefficient (Wildman–Crippen LogP) is 3.88. The number of nitrogens with zero attached hydrogens (tertiary/aromatic N) is 3. The Morgan fingerprint density at radius 3 is 2.72 bits per heavy atom. The number of hydrogen-bond donors (Lipinski definition) is 1. The van der Waals surface area contributed by atoms with E-state index in [1.807, 2.05) is 25.4 Å². The van der Waals surface area contributed by atoms with Gasteiger partial charge >= 0.3 is 12.0 Å². The molecule has 4 rings (SSSR count). The van der Waals surface area contributed by atoms with Crippen LogP contribution in [0.1, 0.15) is 62.8 Å². The first-order valence-corrected chi connectivity index (χ1v) is 12.1. The second-order valence-corrected chi connectivity index (χ2v) is 8.90. The van der Waals surface area contributed by atoms with Gasteiger partial charge in [0.25, 0.3) is 0 Å². The van der Waals surface area contributed by atoms with Crippen molar-refractivity contribution in [2.75, 3.05) is 38.7 Å². The molecule has 1 N–H and O–H groups in total. The van der Waals surface area contributed by atoms with Crippen molar-refractivity contribution in [3.63, 3.8) is 0 Å². The van der Waals surface area contributed by atoms with Gasteiger partial charge in [-0.1, -0.05) is 12.1 Å². The molecule has 2 amide bonds. The van der Waals surface area contributed by atoms with Gasteiger partial charge in [-0.2, -0.15) is 0 Å². The molecule has 2 aromatic rings. The van der Waals surface area contributed by atoms with Crippen molar-refractivity contribution in [2.24, 2.45) is 0 Å². The number of fused-ring (bicyclic) bond motifs is 2. The lowest BCUT2D eigenvalue weighted by molar-refractivity contribution is -0.143. The number of rotatable bonds is 7. The van der Waals surface area contributed by atoms with Crippen LogP contribution in [0.2, 0.25) is 0 Å². The Labute approximate surface area is 190 Å². The molecule has 174 valence electrons. The molecule has 0 radical (unpaired) electrons. The monoisotopic (exact) mass is 440 g/mol. The van der Waals surface area contributed by atoms with Crippen LogP contribution in [0.25, 0.3) is 10.9 Å². The number of likely N-dealkylation sites (tertiary alicyclic amines) is 1. The lowest BCUT2D eigenvalue weighted by Gasteiger charge is -2.42. The highest BCUT2D eigenvalue weighted by Crippen LogP contribution is 2.45. The number of ether oxygens (including phenoxy) is 1. The summed E-state index contributed by atoms with van der Waals surface area (Å²) in [6.07, 6.45) is 4.20. The number of urea groups is 1. The number of piperidine rings is 1. The first-order valence-electron chi connectivity index (χ1n) is 12.1. The normalized spacial score (nSPS) is 20.1. The average molecular weight is 441 g/mol. The second kappa shape index (κ2) is 9.53. The van der Waals surface area contributed by atoms with Gasteiger partial charge in [0.15, 0.2) is 0 Å². The molecule has 0 saturated carbocycles. The molecule has 0 spiro atoms. The molecule has 0 bridgehead atoms. The first-order chi connectivity index (χ1) is 15.5. The topological polar surface area (TPSA) is 66.8 Å². The van der Waals surface area contributed by atoms with Crippen molar-refractivity contribution >= 4 is 22.9 Å². The van der Waals surface area contributed by atoms with Crippen molar-refractivity contribution in [1.82, 2.24) is 14.5 Å². The van der Waals surface area contributed by atoms with Gasteiger partial charge in [0.05, 0.1) is 18.5 Å². The van der Waals surface area contributed by atoms with E-state index in [-0.39, 0.29) is 12.0 Å². The lowest BCUT2D eigenvalue weighted by Crippen LogP contribution is -2.44. The van der Waals surface area contributed by atoms with Gasteiger partial charge in [-0.05, 0) is 70.8 Å². The van der Waals surface area contributed by atoms with Crippen LogP contribution < -0.4 is 5.43 Å². The summed E-state index contributed by atoms with van der Waals surface area (Å²) in [5.41, 5.74) is 7.86. The molecule has 2 atom stereocenters. The van der Waals surface area contributed by atoms with E-state index in [4.69, 9.17) is 4.74 Å². The first kappa shape index (κ1) is 22.6. The molecule has 1 aliphatic heterocycles. The molecule has 7 nitrogen and oxygen atoms in total. The van der Waals surface area contributed by atoms with Gasteiger partial charge in [0.1, 0.15) is 0 Å². The molecule has 1 aromatic heterocycles. The molecule has 1 fully saturated rings. The number of aromatic nitrogens is 1. The van der Waals surface area contributed by atoms with Crippen molar-refractivity contribution < 1.29 is 14.3 Å². The fourth-order valence-corrected chi connectivity index (χ4v) is 5.64. The van der Waals surface area contributed by atoms with E-state index < -0.39 is 0 Å². The Kier molecular flexibility index (Phi) is 6.74. The fraction of sp³-hybridized carbons (Fsp3) is 0.600. The standard InChI is InChI=1S/C25H36N4O3/c1-5-28(6-2)25(31)26-29-20(13-14-23(30)32-7-3)19-16-22-17(11-9-15-27(22)4)18-10-8-12-21(29)24(18)19/h8,10,12,17,22H,5-7,9,11,13-16H2,1-4H3,(H,26,31)/t17-,22-/m1/s1. The number of hydrogen-bond acceptors (Lipinski definition) is 4. The zero-order chi connectivity index (χ0) is 22.8. The van der Waals surface area contributed by atoms with E-state index in [1.165, 1.54) is 29.4 Å². The highest BCUT2D eigenvalue weighted by atomic mass is 16.5. The van der Waals surface area contributed by atoms with Gasteiger partial charge < -0.3 is 14.5 Å². The summed E-state index contributed by atoms with van der Waals surface area (Å²) in [6.45, 7) is 8.58. The fourth-order valence-electron chi connectivity index (χ4n) is 5.64. The van der Waals surface area contributed by atoms with E-state index in [1.54, 1.807) is 4.90 Å². The maximum Gasteiger partial charge on any atom is 0.336 e. The molecule has 32 heavy (non-hydrogen) atoms. The van der Waals surface area contributed by atoms with Gasteiger partial charge in [0.2, 0.25) is 0 Å². The molecule has 1 saturated heterocycles. The SMILES string of the molecule is CCOC(=O)CCc1c2c3c(cccc3n1NC(=O)N(CC)CC)[C@H]1CCCN(C)[C@@H]1C2. The van der Waals surface area contributed by atoms with Gasteiger partial charge in [-0.3, -0.25) is 9.47 Å². The average Bonchev–Trinajstić information content (AvgIpc) is 3.08. The summed E-state index contributed by atoms with van der Waals surface area (Å²) >= 11 is 0. The largest absolute Gasteiger partial charge is 0.466 e. The van der Waals surface area contributed by atoms with E-state index in [9.17, 15) is 9.59 Å². The second-order valence-electron chi connectivity index (χ2n) is 8.90. The van der Waals surface area contributed by atoms with Crippen LogP contribution >= 0.6 is 0 Å². The minimum atomic E-state index is -0.199. The molecule has 1 aliphatic carbocycles. The summed E-state index contributed by atoms with van der Waals surface area (Å²) in [6, 6.07) is 6.79. The number of likely N-dealkylation sites (N-methyl/N-ethyl adjacent to an activating group) is 1. The van der Waals surface area contributed by atoms with Crippen LogP contribution in [-0.2, 0) is 22.4 Å². The number of carbonyl (C=O) groups is 2. The summed E-state index contributed by atoms with van der Waals surface area (Å²) in [4.78, 5) is 29.5. The third-order valence-corrected chi connectivity index (χ3v) is 7.23. The molecule has 0 unspecified atom stereocenters. The number of amides is 2. The van der Waals surface area contributed by atoms with Gasteiger partial charge in [-0.25, -0.2) is 10.2 Å². The summed E-state index contributed by atoms with van der Waals surface area (Å²) in [5.74, 6) is 0.312. The summed E-state index contributed by atoms with van der Waals surface area (Å²) in [7, 11) is 2.22. The van der Waals surface area contributed by atoms with E-state index in [0.29, 0.717) is 44.5 Å². The molecule has 2 heterocycles.